The predicted molar refractivity (Wildman–Crippen MR) is 144 cm³/mol. The van der Waals surface area contributed by atoms with Crippen molar-refractivity contribution in [2.45, 2.75) is 78.2 Å². The number of aromatic nitrogens is 2. The van der Waals surface area contributed by atoms with Crippen LogP contribution >= 0.6 is 0 Å². The Labute approximate surface area is 204 Å². The number of rotatable bonds is 7. The van der Waals surface area contributed by atoms with Crippen molar-refractivity contribution in [1.29, 1.82) is 0 Å². The number of methoxy groups -OCH3 is 1. The van der Waals surface area contributed by atoms with Crippen molar-refractivity contribution in [3.63, 3.8) is 0 Å². The van der Waals surface area contributed by atoms with Crippen molar-refractivity contribution in [2.24, 2.45) is 0 Å². The topological polar surface area (TPSA) is 35.0 Å². The van der Waals surface area contributed by atoms with Crippen LogP contribution in [0.15, 0.2) is 54.9 Å². The third-order valence-electron chi connectivity index (χ3n) is 7.19. The molecule has 0 N–H and O–H groups in total. The van der Waals surface area contributed by atoms with Gasteiger partial charge in [0.2, 0.25) is 0 Å². The van der Waals surface area contributed by atoms with E-state index in [9.17, 15) is 0 Å². The van der Waals surface area contributed by atoms with E-state index in [1.54, 1.807) is 7.11 Å². The molecule has 1 atom stereocenters. The molecule has 2 aromatic heterocycles. The van der Waals surface area contributed by atoms with Crippen LogP contribution in [0.4, 0.5) is 0 Å². The molecule has 0 saturated carbocycles. The molecule has 4 aromatic rings. The van der Waals surface area contributed by atoms with Gasteiger partial charge in [0, 0.05) is 30.3 Å². The van der Waals surface area contributed by atoms with E-state index >= 15 is 0 Å². The van der Waals surface area contributed by atoms with Crippen molar-refractivity contribution >= 4 is 21.8 Å². The minimum Gasteiger partial charge on any atom is -0.374 e. The summed E-state index contributed by atoms with van der Waals surface area (Å²) in [5.41, 5.74) is 8.30. The van der Waals surface area contributed by atoms with Gasteiger partial charge in [-0.3, -0.25) is 9.97 Å². The second kappa shape index (κ2) is 9.46. The molecule has 0 radical (unpaired) electrons. The Morgan fingerprint density at radius 3 is 2.09 bits per heavy atom. The lowest BCUT2D eigenvalue weighted by Gasteiger charge is -2.30. The van der Waals surface area contributed by atoms with Crippen molar-refractivity contribution in [3.8, 4) is 0 Å². The highest BCUT2D eigenvalue weighted by molar-refractivity contribution is 5.85. The van der Waals surface area contributed by atoms with Crippen molar-refractivity contribution in [3.05, 3.63) is 82.7 Å². The Balaban J connectivity index is 1.80. The predicted octanol–water partition coefficient (Wildman–Crippen LogP) is 8.26. The van der Waals surface area contributed by atoms with Gasteiger partial charge in [0.25, 0.3) is 0 Å². The van der Waals surface area contributed by atoms with Crippen LogP contribution in [-0.2, 0) is 16.8 Å². The zero-order chi connectivity index (χ0) is 24.6. The third kappa shape index (κ3) is 4.46. The first-order valence-corrected chi connectivity index (χ1v) is 12.5. The van der Waals surface area contributed by atoms with Gasteiger partial charge >= 0.3 is 0 Å². The molecular formula is C31H38N2O. The summed E-state index contributed by atoms with van der Waals surface area (Å²) in [6.45, 7) is 15.7. The second-order valence-electron chi connectivity index (χ2n) is 10.7. The third-order valence-corrected chi connectivity index (χ3v) is 7.19. The average Bonchev–Trinajstić information content (AvgIpc) is 2.82. The SMILES string of the molecule is COC(C)(C)c1c(C(C)Cc2ccc3ncc(C(C)C)c(C(C)C)c3c2)cnc2ccccc12. The molecule has 3 nitrogen and oxygen atoms in total. The van der Waals surface area contributed by atoms with E-state index in [2.05, 4.69) is 97.3 Å². The second-order valence-corrected chi connectivity index (χ2v) is 10.7. The zero-order valence-electron chi connectivity index (χ0n) is 21.9. The highest BCUT2D eigenvalue weighted by atomic mass is 16.5. The number of pyridine rings is 2. The quantitative estimate of drug-likeness (QED) is 0.282. The van der Waals surface area contributed by atoms with Crippen LogP contribution in [0.1, 0.15) is 94.0 Å². The Morgan fingerprint density at radius 2 is 1.44 bits per heavy atom. The molecule has 0 fully saturated rings. The highest BCUT2D eigenvalue weighted by Gasteiger charge is 2.28. The molecule has 3 heteroatoms. The van der Waals surface area contributed by atoms with Crippen LogP contribution in [-0.4, -0.2) is 17.1 Å². The molecule has 0 amide bonds. The Kier molecular flexibility index (Phi) is 6.78. The fourth-order valence-electron chi connectivity index (χ4n) is 5.27. The van der Waals surface area contributed by atoms with Crippen LogP contribution < -0.4 is 0 Å². The smallest absolute Gasteiger partial charge is 0.0881 e. The van der Waals surface area contributed by atoms with Crippen molar-refractivity contribution in [2.75, 3.05) is 7.11 Å². The zero-order valence-corrected chi connectivity index (χ0v) is 21.9. The molecule has 4 rings (SSSR count). The average molecular weight is 455 g/mol. The van der Waals surface area contributed by atoms with Crippen LogP contribution in [0, 0.1) is 0 Å². The van der Waals surface area contributed by atoms with Crippen LogP contribution in [0.3, 0.4) is 0 Å². The summed E-state index contributed by atoms with van der Waals surface area (Å²) >= 11 is 0. The molecule has 2 aromatic carbocycles. The summed E-state index contributed by atoms with van der Waals surface area (Å²) < 4.78 is 5.97. The minimum absolute atomic E-state index is 0.294. The number of hydrogen-bond acceptors (Lipinski definition) is 3. The first-order chi connectivity index (χ1) is 16.1. The van der Waals surface area contributed by atoms with E-state index in [0.717, 1.165) is 17.5 Å². The number of nitrogens with zero attached hydrogens (tertiary/aromatic N) is 2. The Hall–Kier alpha value is -2.78. The van der Waals surface area contributed by atoms with Gasteiger partial charge < -0.3 is 4.74 Å². The van der Waals surface area contributed by atoms with Crippen LogP contribution in [0.2, 0.25) is 0 Å². The Morgan fingerprint density at radius 1 is 0.794 bits per heavy atom. The molecule has 34 heavy (non-hydrogen) atoms. The summed E-state index contributed by atoms with van der Waals surface area (Å²) in [6, 6.07) is 15.2. The lowest BCUT2D eigenvalue weighted by molar-refractivity contribution is 0.0195. The van der Waals surface area contributed by atoms with E-state index in [1.807, 2.05) is 6.07 Å². The maximum absolute atomic E-state index is 5.97. The van der Waals surface area contributed by atoms with Gasteiger partial charge in [0.15, 0.2) is 0 Å². The lowest BCUT2D eigenvalue weighted by Crippen LogP contribution is -2.23. The number of para-hydroxylation sites is 1. The standard InChI is InChI=1S/C31H38N2O/c1-19(2)25-17-32-28-14-13-22(16-24(28)29(25)20(3)4)15-21(5)26-18-33-27-12-10-9-11-23(27)30(26)31(6,7)34-8/h9-14,16-21H,15H2,1-8H3. The summed E-state index contributed by atoms with van der Waals surface area (Å²) in [7, 11) is 1.79. The first-order valence-electron chi connectivity index (χ1n) is 12.5. The molecule has 0 aliphatic rings. The van der Waals surface area contributed by atoms with E-state index in [4.69, 9.17) is 14.7 Å². The van der Waals surface area contributed by atoms with Gasteiger partial charge in [0.05, 0.1) is 16.6 Å². The fraction of sp³-hybridized carbons (Fsp3) is 0.419. The lowest BCUT2D eigenvalue weighted by atomic mass is 9.82. The molecule has 1 unspecified atom stereocenters. The maximum atomic E-state index is 5.97. The number of ether oxygens (including phenoxy) is 1. The van der Waals surface area contributed by atoms with E-state index in [-0.39, 0.29) is 0 Å². The first kappa shape index (κ1) is 24.3. The molecule has 0 aliphatic carbocycles. The van der Waals surface area contributed by atoms with Crippen LogP contribution in [0.5, 0.6) is 0 Å². The molecule has 178 valence electrons. The van der Waals surface area contributed by atoms with Crippen molar-refractivity contribution in [1.82, 2.24) is 9.97 Å². The van der Waals surface area contributed by atoms with Gasteiger partial charge in [-0.2, -0.15) is 0 Å². The Bertz CT molecular complexity index is 1320. The van der Waals surface area contributed by atoms with E-state index in [0.29, 0.717) is 17.8 Å². The summed E-state index contributed by atoms with van der Waals surface area (Å²) in [4.78, 5) is 9.59. The molecular weight excluding hydrogens is 416 g/mol. The highest BCUT2D eigenvalue weighted by Crippen LogP contribution is 2.38. The molecule has 2 heterocycles. The maximum Gasteiger partial charge on any atom is 0.0881 e. The summed E-state index contributed by atoms with van der Waals surface area (Å²) in [6.07, 6.45) is 5.07. The number of fused-ring (bicyclic) bond motifs is 2. The molecule has 0 aliphatic heterocycles. The van der Waals surface area contributed by atoms with Gasteiger partial charge in [-0.25, -0.2) is 0 Å². The number of benzene rings is 2. The van der Waals surface area contributed by atoms with E-state index < -0.39 is 5.60 Å². The van der Waals surface area contributed by atoms with Crippen LogP contribution in [0.25, 0.3) is 21.8 Å². The normalized spacial score (nSPS) is 13.4. The van der Waals surface area contributed by atoms with Gasteiger partial charge in [-0.15, -0.1) is 0 Å². The summed E-state index contributed by atoms with van der Waals surface area (Å²) in [5, 5.41) is 2.46. The molecule has 0 saturated heterocycles. The molecule has 0 bridgehead atoms. The minimum atomic E-state index is -0.406. The fourth-order valence-corrected chi connectivity index (χ4v) is 5.27. The summed E-state index contributed by atoms with van der Waals surface area (Å²) in [5.74, 6) is 1.21. The largest absolute Gasteiger partial charge is 0.374 e. The molecule has 0 spiro atoms. The monoisotopic (exact) mass is 454 g/mol. The van der Waals surface area contributed by atoms with Crippen molar-refractivity contribution < 1.29 is 4.74 Å². The van der Waals surface area contributed by atoms with E-state index in [1.165, 1.54) is 38.6 Å². The number of hydrogen-bond donors (Lipinski definition) is 0. The van der Waals surface area contributed by atoms with Gasteiger partial charge in [-0.1, -0.05) is 58.9 Å². The van der Waals surface area contributed by atoms with Gasteiger partial charge in [-0.05, 0) is 84.0 Å². The van der Waals surface area contributed by atoms with Gasteiger partial charge in [0.1, 0.15) is 0 Å².